The third kappa shape index (κ3) is 4.82. The third-order valence-electron chi connectivity index (χ3n) is 2.34. The predicted octanol–water partition coefficient (Wildman–Crippen LogP) is 2.83. The van der Waals surface area contributed by atoms with Crippen molar-refractivity contribution in [3.63, 3.8) is 0 Å². The van der Waals surface area contributed by atoms with E-state index in [0.717, 1.165) is 12.1 Å². The van der Waals surface area contributed by atoms with E-state index >= 15 is 0 Å². The molecule has 16 heavy (non-hydrogen) atoms. The van der Waals surface area contributed by atoms with E-state index in [-0.39, 0.29) is 12.1 Å². The van der Waals surface area contributed by atoms with Gasteiger partial charge < -0.3 is 10.1 Å². The summed E-state index contributed by atoms with van der Waals surface area (Å²) in [6, 6.07) is 9.82. The van der Waals surface area contributed by atoms with E-state index < -0.39 is 0 Å². The minimum atomic E-state index is -0.141. The fraction of sp³-hybridized carbons (Fsp3) is 0.462. The molecule has 0 radical (unpaired) electrons. The van der Waals surface area contributed by atoms with Crippen LogP contribution in [-0.4, -0.2) is 18.6 Å². The van der Waals surface area contributed by atoms with E-state index in [1.54, 1.807) is 0 Å². The van der Waals surface area contributed by atoms with Gasteiger partial charge in [-0.05, 0) is 25.5 Å². The number of benzene rings is 1. The second-order valence-electron chi connectivity index (χ2n) is 3.75. The molecule has 1 atom stereocenters. The van der Waals surface area contributed by atoms with Crippen LogP contribution in [0.2, 0.25) is 0 Å². The van der Waals surface area contributed by atoms with Crippen LogP contribution in [0.25, 0.3) is 0 Å². The van der Waals surface area contributed by atoms with Gasteiger partial charge in [0, 0.05) is 12.2 Å². The van der Waals surface area contributed by atoms with Gasteiger partial charge in [-0.1, -0.05) is 25.1 Å². The fourth-order valence-electron chi connectivity index (χ4n) is 1.23. The Hall–Kier alpha value is -1.51. The summed E-state index contributed by atoms with van der Waals surface area (Å²) < 4.78 is 5.16. The zero-order chi connectivity index (χ0) is 11.8. The molecule has 1 N–H and O–H groups in total. The van der Waals surface area contributed by atoms with Gasteiger partial charge in [-0.15, -0.1) is 0 Å². The van der Waals surface area contributed by atoms with Crippen LogP contribution in [-0.2, 0) is 9.53 Å². The summed E-state index contributed by atoms with van der Waals surface area (Å²) in [7, 11) is 0. The number of hydrogen-bond acceptors (Lipinski definition) is 3. The van der Waals surface area contributed by atoms with Gasteiger partial charge in [0.25, 0.3) is 0 Å². The number of esters is 1. The van der Waals surface area contributed by atoms with E-state index in [4.69, 9.17) is 4.74 Å². The first kappa shape index (κ1) is 12.6. The molecular formula is C13H19NO2. The Bertz CT molecular complexity index is 311. The molecule has 0 saturated heterocycles. The van der Waals surface area contributed by atoms with Gasteiger partial charge in [0.1, 0.15) is 0 Å². The highest BCUT2D eigenvalue weighted by molar-refractivity contribution is 5.70. The largest absolute Gasteiger partial charge is 0.463 e. The van der Waals surface area contributed by atoms with Crippen molar-refractivity contribution < 1.29 is 9.53 Å². The van der Waals surface area contributed by atoms with Crippen molar-refractivity contribution >= 4 is 11.7 Å². The van der Waals surface area contributed by atoms with Crippen LogP contribution in [0.3, 0.4) is 0 Å². The van der Waals surface area contributed by atoms with Gasteiger partial charge in [-0.3, -0.25) is 4.79 Å². The Labute approximate surface area is 96.8 Å². The molecule has 0 bridgehead atoms. The lowest BCUT2D eigenvalue weighted by Gasteiger charge is -2.11. The Morgan fingerprint density at radius 3 is 2.69 bits per heavy atom. The highest BCUT2D eigenvalue weighted by Crippen LogP contribution is 2.05. The summed E-state index contributed by atoms with van der Waals surface area (Å²) in [5, 5.41) is 3.17. The van der Waals surface area contributed by atoms with Crippen LogP contribution >= 0.6 is 0 Å². The molecule has 0 aromatic heterocycles. The van der Waals surface area contributed by atoms with Gasteiger partial charge in [0.05, 0.1) is 12.5 Å². The zero-order valence-corrected chi connectivity index (χ0v) is 9.90. The maximum Gasteiger partial charge on any atom is 0.307 e. The van der Waals surface area contributed by atoms with Crippen LogP contribution in [0.5, 0.6) is 0 Å². The molecule has 88 valence electrons. The molecule has 1 aromatic rings. The highest BCUT2D eigenvalue weighted by Gasteiger charge is 2.06. The summed E-state index contributed by atoms with van der Waals surface area (Å²) in [5.74, 6) is -0.141. The average Bonchev–Trinajstić information content (AvgIpc) is 2.30. The molecule has 3 nitrogen and oxygen atoms in total. The van der Waals surface area contributed by atoms with Crippen molar-refractivity contribution in [2.75, 3.05) is 11.9 Å². The smallest absolute Gasteiger partial charge is 0.307 e. The Kier molecular flexibility index (Phi) is 5.40. The highest BCUT2D eigenvalue weighted by atomic mass is 16.5. The van der Waals surface area contributed by atoms with Gasteiger partial charge in [-0.2, -0.15) is 0 Å². The summed E-state index contributed by atoms with van der Waals surface area (Å²) in [6.45, 7) is 4.52. The van der Waals surface area contributed by atoms with Gasteiger partial charge in [0.2, 0.25) is 0 Å². The molecule has 1 rings (SSSR count). The van der Waals surface area contributed by atoms with E-state index in [9.17, 15) is 4.79 Å². The monoisotopic (exact) mass is 221 g/mol. The first-order valence-corrected chi connectivity index (χ1v) is 5.70. The van der Waals surface area contributed by atoms with Crippen molar-refractivity contribution in [2.24, 2.45) is 0 Å². The Morgan fingerprint density at radius 1 is 1.38 bits per heavy atom. The summed E-state index contributed by atoms with van der Waals surface area (Å²) in [5.41, 5.74) is 1.03. The average molecular weight is 221 g/mol. The lowest BCUT2D eigenvalue weighted by atomic mass is 10.3. The fourth-order valence-corrected chi connectivity index (χ4v) is 1.23. The second kappa shape index (κ2) is 6.88. The molecule has 3 heteroatoms. The molecule has 0 spiro atoms. The van der Waals surface area contributed by atoms with Crippen molar-refractivity contribution in [1.29, 1.82) is 0 Å². The van der Waals surface area contributed by atoms with E-state index in [2.05, 4.69) is 5.32 Å². The molecule has 0 fully saturated rings. The number of rotatable bonds is 6. The van der Waals surface area contributed by atoms with Crippen molar-refractivity contribution in [1.82, 2.24) is 0 Å². The minimum absolute atomic E-state index is 0.0178. The molecule has 0 amide bonds. The van der Waals surface area contributed by atoms with Crippen LogP contribution < -0.4 is 5.32 Å². The lowest BCUT2D eigenvalue weighted by molar-refractivity contribution is -0.147. The lowest BCUT2D eigenvalue weighted by Crippen LogP contribution is -2.16. The third-order valence-corrected chi connectivity index (χ3v) is 2.34. The quantitative estimate of drug-likeness (QED) is 0.751. The standard InChI is InChI=1S/C13H19NO2/c1-3-11(2)16-13(15)9-10-14-12-7-5-4-6-8-12/h4-8,11,14H,3,9-10H2,1-2H3. The van der Waals surface area contributed by atoms with Crippen molar-refractivity contribution in [3.8, 4) is 0 Å². The van der Waals surface area contributed by atoms with E-state index in [0.29, 0.717) is 13.0 Å². The molecule has 0 heterocycles. The molecule has 0 aliphatic carbocycles. The maximum atomic E-state index is 11.3. The molecule has 1 aromatic carbocycles. The van der Waals surface area contributed by atoms with Crippen LogP contribution in [0.4, 0.5) is 5.69 Å². The number of carbonyl (C=O) groups is 1. The SMILES string of the molecule is CCC(C)OC(=O)CCNc1ccccc1. The van der Waals surface area contributed by atoms with Gasteiger partial charge in [0.15, 0.2) is 0 Å². The Morgan fingerprint density at radius 2 is 2.06 bits per heavy atom. The van der Waals surface area contributed by atoms with E-state index in [1.807, 2.05) is 44.2 Å². The first-order chi connectivity index (χ1) is 7.72. The Balaban J connectivity index is 2.18. The normalized spacial score (nSPS) is 11.9. The van der Waals surface area contributed by atoms with Crippen LogP contribution in [0, 0.1) is 0 Å². The van der Waals surface area contributed by atoms with Gasteiger partial charge in [-0.25, -0.2) is 0 Å². The summed E-state index contributed by atoms with van der Waals surface area (Å²) in [4.78, 5) is 11.3. The number of anilines is 1. The number of nitrogens with one attached hydrogen (secondary N) is 1. The van der Waals surface area contributed by atoms with E-state index in [1.165, 1.54) is 0 Å². The number of para-hydroxylation sites is 1. The number of hydrogen-bond donors (Lipinski definition) is 1. The molecule has 0 saturated carbocycles. The molecular weight excluding hydrogens is 202 g/mol. The van der Waals surface area contributed by atoms with Gasteiger partial charge >= 0.3 is 5.97 Å². The van der Waals surface area contributed by atoms with Crippen molar-refractivity contribution in [3.05, 3.63) is 30.3 Å². The van der Waals surface area contributed by atoms with Crippen LogP contribution in [0.15, 0.2) is 30.3 Å². The zero-order valence-electron chi connectivity index (χ0n) is 9.90. The molecule has 0 aliphatic heterocycles. The summed E-state index contributed by atoms with van der Waals surface area (Å²) >= 11 is 0. The second-order valence-corrected chi connectivity index (χ2v) is 3.75. The molecule has 0 aliphatic rings. The summed E-state index contributed by atoms with van der Waals surface area (Å²) in [6.07, 6.45) is 1.28. The van der Waals surface area contributed by atoms with Crippen LogP contribution in [0.1, 0.15) is 26.7 Å². The topological polar surface area (TPSA) is 38.3 Å². The van der Waals surface area contributed by atoms with Crippen molar-refractivity contribution in [2.45, 2.75) is 32.8 Å². The first-order valence-electron chi connectivity index (χ1n) is 5.70. The number of carbonyl (C=O) groups excluding carboxylic acids is 1. The minimum Gasteiger partial charge on any atom is -0.463 e. The maximum absolute atomic E-state index is 11.3. The predicted molar refractivity (Wildman–Crippen MR) is 65.4 cm³/mol. The number of ether oxygens (including phenoxy) is 1. The molecule has 1 unspecified atom stereocenters.